The molecule has 0 aromatic rings. The summed E-state index contributed by atoms with van der Waals surface area (Å²) in [6.45, 7) is 9.72. The maximum Gasteiger partial charge on any atom is 0.145 e. The monoisotopic (exact) mass is 298 g/mol. The third kappa shape index (κ3) is 6.20. The SMILES string of the molecule is CCCCOOC1=CC=CC(OOCCCC)(C(C)C)C1. The summed E-state index contributed by atoms with van der Waals surface area (Å²) in [6.07, 6.45) is 10.7. The minimum Gasteiger partial charge on any atom is -0.342 e. The number of allylic oxidation sites excluding steroid dienone is 2. The molecule has 1 unspecified atom stereocenters. The summed E-state index contributed by atoms with van der Waals surface area (Å²) in [5.74, 6) is 1.06. The summed E-state index contributed by atoms with van der Waals surface area (Å²) in [4.78, 5) is 21.7. The molecule has 0 radical (unpaired) electrons. The zero-order valence-corrected chi connectivity index (χ0v) is 13.9. The topological polar surface area (TPSA) is 36.9 Å². The van der Waals surface area contributed by atoms with Gasteiger partial charge in [0.25, 0.3) is 0 Å². The molecule has 0 aliphatic heterocycles. The first-order valence-corrected chi connectivity index (χ1v) is 8.13. The molecule has 1 rings (SSSR count). The average Bonchev–Trinajstić information content (AvgIpc) is 2.48. The summed E-state index contributed by atoms with van der Waals surface area (Å²) in [5, 5.41) is 0. The van der Waals surface area contributed by atoms with Crippen molar-refractivity contribution in [2.45, 2.75) is 65.4 Å². The van der Waals surface area contributed by atoms with Crippen LogP contribution in [0.3, 0.4) is 0 Å². The molecule has 0 aromatic carbocycles. The summed E-state index contributed by atoms with van der Waals surface area (Å²) in [5.41, 5.74) is -0.480. The molecule has 0 saturated heterocycles. The Bertz CT molecular complexity index is 336. The molecule has 122 valence electrons. The van der Waals surface area contributed by atoms with Gasteiger partial charge in [0.05, 0.1) is 13.2 Å². The van der Waals surface area contributed by atoms with E-state index in [0.29, 0.717) is 19.6 Å². The summed E-state index contributed by atoms with van der Waals surface area (Å²) >= 11 is 0. The van der Waals surface area contributed by atoms with Crippen LogP contribution >= 0.6 is 0 Å². The molecule has 1 atom stereocenters. The van der Waals surface area contributed by atoms with E-state index in [9.17, 15) is 0 Å². The van der Waals surface area contributed by atoms with Crippen molar-refractivity contribution in [2.24, 2.45) is 5.92 Å². The van der Waals surface area contributed by atoms with Crippen molar-refractivity contribution in [3.63, 3.8) is 0 Å². The molecular formula is C17H30O4. The van der Waals surface area contributed by atoms with E-state index in [1.54, 1.807) is 0 Å². The van der Waals surface area contributed by atoms with Crippen molar-refractivity contribution in [1.82, 2.24) is 0 Å². The van der Waals surface area contributed by atoms with Crippen molar-refractivity contribution >= 4 is 0 Å². The first-order chi connectivity index (χ1) is 10.1. The Labute approximate surface area is 129 Å². The Kier molecular flexibility index (Phi) is 8.66. The first kappa shape index (κ1) is 18.2. The standard InChI is InChI=1S/C17H30O4/c1-5-7-12-18-20-16-10-9-11-17(14-16,15(3)4)21-19-13-8-6-2/h9-11,15H,5-8,12-14H2,1-4H3. The van der Waals surface area contributed by atoms with Crippen LogP contribution in [0.5, 0.6) is 0 Å². The molecule has 0 bridgehead atoms. The molecule has 0 heterocycles. The van der Waals surface area contributed by atoms with Crippen LogP contribution in [0.1, 0.15) is 59.8 Å². The highest BCUT2D eigenvalue weighted by molar-refractivity contribution is 5.22. The third-order valence-electron chi connectivity index (χ3n) is 3.63. The molecule has 4 nitrogen and oxygen atoms in total. The Morgan fingerprint density at radius 1 is 1.10 bits per heavy atom. The van der Waals surface area contributed by atoms with Gasteiger partial charge in [0.2, 0.25) is 0 Å². The maximum absolute atomic E-state index is 5.73. The molecule has 1 aliphatic rings. The van der Waals surface area contributed by atoms with Crippen LogP contribution in [0, 0.1) is 5.92 Å². The molecule has 0 aromatic heterocycles. The Morgan fingerprint density at radius 3 is 2.38 bits per heavy atom. The molecule has 21 heavy (non-hydrogen) atoms. The second-order valence-electron chi connectivity index (χ2n) is 5.80. The minimum absolute atomic E-state index is 0.276. The van der Waals surface area contributed by atoms with Gasteiger partial charge in [0, 0.05) is 6.42 Å². The zero-order valence-electron chi connectivity index (χ0n) is 13.9. The van der Waals surface area contributed by atoms with Crippen molar-refractivity contribution in [2.75, 3.05) is 13.2 Å². The second kappa shape index (κ2) is 9.98. The fourth-order valence-corrected chi connectivity index (χ4v) is 1.99. The van der Waals surface area contributed by atoms with Gasteiger partial charge in [-0.25, -0.2) is 9.78 Å². The van der Waals surface area contributed by atoms with E-state index in [0.717, 1.165) is 31.4 Å². The van der Waals surface area contributed by atoms with E-state index in [1.807, 2.05) is 18.2 Å². The summed E-state index contributed by atoms with van der Waals surface area (Å²) < 4.78 is 0. The van der Waals surface area contributed by atoms with Crippen LogP contribution in [0.4, 0.5) is 0 Å². The number of unbranched alkanes of at least 4 members (excludes halogenated alkanes) is 2. The first-order valence-electron chi connectivity index (χ1n) is 8.13. The van der Waals surface area contributed by atoms with Gasteiger partial charge >= 0.3 is 0 Å². The van der Waals surface area contributed by atoms with E-state index in [2.05, 4.69) is 27.7 Å². The van der Waals surface area contributed by atoms with Gasteiger partial charge in [-0.15, -0.1) is 0 Å². The minimum atomic E-state index is -0.480. The molecule has 0 saturated carbocycles. The lowest BCUT2D eigenvalue weighted by Crippen LogP contribution is -2.38. The van der Waals surface area contributed by atoms with Crippen LogP contribution in [-0.4, -0.2) is 18.8 Å². The average molecular weight is 298 g/mol. The van der Waals surface area contributed by atoms with E-state index in [4.69, 9.17) is 19.6 Å². The van der Waals surface area contributed by atoms with Gasteiger partial charge in [-0.3, -0.25) is 0 Å². The molecule has 0 amide bonds. The second-order valence-corrected chi connectivity index (χ2v) is 5.80. The Hall–Kier alpha value is -0.840. The summed E-state index contributed by atoms with van der Waals surface area (Å²) in [6, 6.07) is 0. The number of hydrogen-bond acceptors (Lipinski definition) is 4. The van der Waals surface area contributed by atoms with Crippen molar-refractivity contribution < 1.29 is 19.6 Å². The van der Waals surface area contributed by atoms with Crippen molar-refractivity contribution in [3.05, 3.63) is 24.0 Å². The predicted octanol–water partition coefficient (Wildman–Crippen LogP) is 4.72. The fourth-order valence-electron chi connectivity index (χ4n) is 1.99. The number of rotatable bonds is 11. The van der Waals surface area contributed by atoms with E-state index in [-0.39, 0.29) is 5.92 Å². The molecule has 0 fully saturated rings. The molecule has 0 N–H and O–H groups in total. The van der Waals surface area contributed by atoms with Crippen molar-refractivity contribution in [1.29, 1.82) is 0 Å². The Balaban J connectivity index is 2.49. The lowest BCUT2D eigenvalue weighted by Gasteiger charge is -2.34. The van der Waals surface area contributed by atoms with Crippen LogP contribution in [-0.2, 0) is 19.6 Å². The number of hydrogen-bond donors (Lipinski definition) is 0. The van der Waals surface area contributed by atoms with Gasteiger partial charge in [0.15, 0.2) is 0 Å². The lowest BCUT2D eigenvalue weighted by atomic mass is 9.84. The van der Waals surface area contributed by atoms with Gasteiger partial charge in [-0.1, -0.05) is 46.6 Å². The summed E-state index contributed by atoms with van der Waals surface area (Å²) in [7, 11) is 0. The predicted molar refractivity (Wildman–Crippen MR) is 83.3 cm³/mol. The van der Waals surface area contributed by atoms with Gasteiger partial charge in [0.1, 0.15) is 11.4 Å². The van der Waals surface area contributed by atoms with E-state index in [1.165, 1.54) is 0 Å². The van der Waals surface area contributed by atoms with Crippen molar-refractivity contribution in [3.8, 4) is 0 Å². The van der Waals surface area contributed by atoms with Gasteiger partial charge in [-0.2, -0.15) is 4.89 Å². The maximum atomic E-state index is 5.73. The molecular weight excluding hydrogens is 268 g/mol. The molecule has 1 aliphatic carbocycles. The molecule has 0 spiro atoms. The fraction of sp³-hybridized carbons (Fsp3) is 0.765. The zero-order chi connectivity index (χ0) is 15.6. The van der Waals surface area contributed by atoms with Crippen LogP contribution in [0.2, 0.25) is 0 Å². The van der Waals surface area contributed by atoms with Gasteiger partial charge in [-0.05, 0) is 30.9 Å². The van der Waals surface area contributed by atoms with Crippen LogP contribution < -0.4 is 0 Å². The smallest absolute Gasteiger partial charge is 0.145 e. The quantitative estimate of drug-likeness (QED) is 0.314. The third-order valence-corrected chi connectivity index (χ3v) is 3.63. The normalized spacial score (nSPS) is 21.7. The highest BCUT2D eigenvalue weighted by Gasteiger charge is 2.37. The highest BCUT2D eigenvalue weighted by Crippen LogP contribution is 2.34. The van der Waals surface area contributed by atoms with Crippen LogP contribution in [0.15, 0.2) is 24.0 Å². The Morgan fingerprint density at radius 2 is 1.76 bits per heavy atom. The van der Waals surface area contributed by atoms with E-state index >= 15 is 0 Å². The van der Waals surface area contributed by atoms with E-state index < -0.39 is 5.60 Å². The molecule has 4 heteroatoms. The largest absolute Gasteiger partial charge is 0.342 e. The van der Waals surface area contributed by atoms with Gasteiger partial charge < -0.3 is 4.89 Å². The lowest BCUT2D eigenvalue weighted by molar-refractivity contribution is -0.363. The van der Waals surface area contributed by atoms with Crippen LogP contribution in [0.25, 0.3) is 0 Å². The highest BCUT2D eigenvalue weighted by atomic mass is 17.2.